The zero-order valence-electron chi connectivity index (χ0n) is 30.7. The summed E-state index contributed by atoms with van der Waals surface area (Å²) in [7, 11) is 0. The van der Waals surface area contributed by atoms with Crippen LogP contribution in [0.1, 0.15) is 49.9 Å². The SMILES string of the molecule is CC1(C)c2ccccc2-c2ccc(-c3ccc4c(c3)sc3c5sc6cc(-c7ccc8c(c7)C(C)(C)c7ccccc7-8)ccc6c5c5ccccc5c43)cc21. The van der Waals surface area contributed by atoms with E-state index >= 15 is 0 Å². The summed E-state index contributed by atoms with van der Waals surface area (Å²) in [6.07, 6.45) is 0. The van der Waals surface area contributed by atoms with E-state index < -0.39 is 0 Å². The monoisotopic (exact) mass is 724 g/mol. The van der Waals surface area contributed by atoms with Crippen LogP contribution < -0.4 is 0 Å². The fourth-order valence-corrected chi connectivity index (χ4v) is 12.7. The molecule has 2 aliphatic rings. The van der Waals surface area contributed by atoms with E-state index in [0.717, 1.165) is 0 Å². The first-order valence-electron chi connectivity index (χ1n) is 19.0. The Morgan fingerprint density at radius 3 is 1.17 bits per heavy atom. The molecular weight excluding hydrogens is 689 g/mol. The third kappa shape index (κ3) is 3.97. The molecule has 0 N–H and O–H groups in total. The molecule has 0 amide bonds. The molecule has 0 atom stereocenters. The van der Waals surface area contributed by atoms with Gasteiger partial charge in [0.1, 0.15) is 0 Å². The van der Waals surface area contributed by atoms with Crippen molar-refractivity contribution in [1.29, 1.82) is 0 Å². The van der Waals surface area contributed by atoms with Gasteiger partial charge in [0.05, 0.1) is 9.40 Å². The molecule has 0 unspecified atom stereocenters. The van der Waals surface area contributed by atoms with E-state index in [1.165, 1.54) is 118 Å². The van der Waals surface area contributed by atoms with Crippen molar-refractivity contribution in [3.63, 3.8) is 0 Å². The Hall–Kier alpha value is -5.54. The van der Waals surface area contributed by atoms with Gasteiger partial charge in [-0.15, -0.1) is 22.7 Å². The van der Waals surface area contributed by atoms with Gasteiger partial charge in [-0.25, -0.2) is 0 Å². The molecule has 12 rings (SSSR count). The first-order chi connectivity index (χ1) is 26.3. The lowest BCUT2D eigenvalue weighted by Gasteiger charge is -2.22. The Morgan fingerprint density at radius 1 is 0.333 bits per heavy atom. The van der Waals surface area contributed by atoms with E-state index in [0.29, 0.717) is 0 Å². The van der Waals surface area contributed by atoms with Crippen molar-refractivity contribution >= 4 is 73.8 Å². The van der Waals surface area contributed by atoms with Gasteiger partial charge in [0, 0.05) is 41.8 Å². The Balaban J connectivity index is 1.02. The fourth-order valence-electron chi connectivity index (χ4n) is 10.1. The molecule has 0 saturated heterocycles. The van der Waals surface area contributed by atoms with Gasteiger partial charge in [0.2, 0.25) is 0 Å². The lowest BCUT2D eigenvalue weighted by molar-refractivity contribution is 0.660. The van der Waals surface area contributed by atoms with E-state index in [2.05, 4.69) is 173 Å². The second kappa shape index (κ2) is 10.6. The summed E-state index contributed by atoms with van der Waals surface area (Å²) in [5, 5.41) is 8.18. The van der Waals surface area contributed by atoms with Crippen molar-refractivity contribution < 1.29 is 0 Å². The Labute approximate surface area is 323 Å². The van der Waals surface area contributed by atoms with Crippen LogP contribution in [0.15, 0.2) is 146 Å². The molecule has 2 aromatic heterocycles. The Bertz CT molecular complexity index is 3050. The van der Waals surface area contributed by atoms with Crippen LogP contribution in [0.3, 0.4) is 0 Å². The zero-order valence-corrected chi connectivity index (χ0v) is 32.3. The summed E-state index contributed by atoms with van der Waals surface area (Å²) in [6.45, 7) is 9.47. The van der Waals surface area contributed by atoms with Crippen LogP contribution in [0.2, 0.25) is 0 Å². The minimum Gasteiger partial charge on any atom is -0.134 e. The lowest BCUT2D eigenvalue weighted by Crippen LogP contribution is -2.14. The van der Waals surface area contributed by atoms with Crippen molar-refractivity contribution in [1.82, 2.24) is 0 Å². The molecule has 0 spiro atoms. The summed E-state index contributed by atoms with van der Waals surface area (Å²) >= 11 is 3.93. The van der Waals surface area contributed by atoms with Gasteiger partial charge in [0.15, 0.2) is 0 Å². The standard InChI is InChI=1S/C52H36S2/c1-51(2)41-15-9-7-11-33(41)35-21-17-29(25-43(35)51)31-19-23-39-45(27-31)53-49-47(39)37-13-5-6-14-38(37)48-40-24-20-32(28-46(40)54-50(48)49)30-18-22-36-34-12-8-10-16-42(34)52(3,4)44(36)26-30/h5-28H,1-4H3. The number of thiophene rings is 2. The summed E-state index contributed by atoms with van der Waals surface area (Å²) in [4.78, 5) is 0. The normalized spacial score (nSPS) is 15.0. The van der Waals surface area contributed by atoms with Crippen molar-refractivity contribution in [3.05, 3.63) is 168 Å². The number of fused-ring (bicyclic) bond motifs is 16. The van der Waals surface area contributed by atoms with Crippen LogP contribution >= 0.6 is 22.7 Å². The van der Waals surface area contributed by atoms with Gasteiger partial charge < -0.3 is 0 Å². The smallest absolute Gasteiger partial charge is 0.0540 e. The molecule has 10 aromatic rings. The largest absolute Gasteiger partial charge is 0.134 e. The van der Waals surface area contributed by atoms with E-state index in [1.807, 2.05) is 22.7 Å². The highest BCUT2D eigenvalue weighted by Crippen LogP contribution is 2.53. The molecule has 2 heteroatoms. The number of rotatable bonds is 2. The highest BCUT2D eigenvalue weighted by Gasteiger charge is 2.36. The number of hydrogen-bond acceptors (Lipinski definition) is 2. The van der Waals surface area contributed by atoms with Crippen molar-refractivity contribution in [2.75, 3.05) is 0 Å². The zero-order chi connectivity index (χ0) is 36.1. The second-order valence-corrected chi connectivity index (χ2v) is 18.5. The molecule has 0 aliphatic heterocycles. The molecular formula is C52H36S2. The highest BCUT2D eigenvalue weighted by molar-refractivity contribution is 7.33. The summed E-state index contributed by atoms with van der Waals surface area (Å²) in [6, 6.07) is 55.5. The first kappa shape index (κ1) is 30.9. The molecule has 0 radical (unpaired) electrons. The maximum Gasteiger partial charge on any atom is 0.0540 e. The van der Waals surface area contributed by atoms with Crippen LogP contribution in [0, 0.1) is 0 Å². The molecule has 0 bridgehead atoms. The maximum absolute atomic E-state index is 2.45. The van der Waals surface area contributed by atoms with Crippen molar-refractivity contribution in [2.24, 2.45) is 0 Å². The van der Waals surface area contributed by atoms with Gasteiger partial charge in [-0.2, -0.15) is 0 Å². The van der Waals surface area contributed by atoms with E-state index in [9.17, 15) is 0 Å². The molecule has 2 aliphatic carbocycles. The highest BCUT2D eigenvalue weighted by atomic mass is 32.1. The van der Waals surface area contributed by atoms with Gasteiger partial charge in [-0.3, -0.25) is 0 Å². The van der Waals surface area contributed by atoms with E-state index in [1.54, 1.807) is 0 Å². The van der Waals surface area contributed by atoms with Gasteiger partial charge in [-0.1, -0.05) is 149 Å². The fraction of sp³-hybridized carbons (Fsp3) is 0.115. The van der Waals surface area contributed by atoms with Crippen LogP contribution in [0.25, 0.3) is 95.6 Å². The molecule has 0 fully saturated rings. The average Bonchev–Trinajstić information content (AvgIpc) is 3.90. The summed E-state index contributed by atoms with van der Waals surface area (Å²) in [5.41, 5.74) is 16.3. The predicted octanol–water partition coefficient (Wildman–Crippen LogP) is 15.5. The molecule has 0 nitrogen and oxygen atoms in total. The molecule has 8 aromatic carbocycles. The topological polar surface area (TPSA) is 0 Å². The molecule has 256 valence electrons. The first-order valence-corrected chi connectivity index (χ1v) is 20.6. The molecule has 0 saturated carbocycles. The average molecular weight is 725 g/mol. The Kier molecular flexibility index (Phi) is 6.04. The maximum atomic E-state index is 2.45. The third-order valence-corrected chi connectivity index (χ3v) is 15.4. The van der Waals surface area contributed by atoms with E-state index in [-0.39, 0.29) is 10.8 Å². The molecule has 2 heterocycles. The van der Waals surface area contributed by atoms with Crippen LogP contribution in [0.4, 0.5) is 0 Å². The second-order valence-electron chi connectivity index (χ2n) is 16.4. The van der Waals surface area contributed by atoms with Crippen LogP contribution in [-0.2, 0) is 10.8 Å². The van der Waals surface area contributed by atoms with Gasteiger partial charge in [-0.05, 0) is 102 Å². The summed E-state index contributed by atoms with van der Waals surface area (Å²) < 4.78 is 5.51. The summed E-state index contributed by atoms with van der Waals surface area (Å²) in [5.74, 6) is 0. The number of hydrogen-bond donors (Lipinski definition) is 0. The van der Waals surface area contributed by atoms with Crippen molar-refractivity contribution in [2.45, 2.75) is 38.5 Å². The van der Waals surface area contributed by atoms with Gasteiger partial charge in [0.25, 0.3) is 0 Å². The van der Waals surface area contributed by atoms with Gasteiger partial charge >= 0.3 is 0 Å². The lowest BCUT2D eigenvalue weighted by atomic mass is 9.81. The minimum atomic E-state index is -0.0157. The third-order valence-electron chi connectivity index (χ3n) is 12.9. The number of benzene rings is 8. The van der Waals surface area contributed by atoms with Crippen molar-refractivity contribution in [3.8, 4) is 44.5 Å². The van der Waals surface area contributed by atoms with E-state index in [4.69, 9.17) is 0 Å². The van der Waals surface area contributed by atoms with Crippen LogP contribution in [0.5, 0.6) is 0 Å². The quantitative estimate of drug-likeness (QED) is 0.167. The van der Waals surface area contributed by atoms with Crippen LogP contribution in [-0.4, -0.2) is 0 Å². The molecule has 54 heavy (non-hydrogen) atoms. The Morgan fingerprint density at radius 2 is 0.704 bits per heavy atom. The minimum absolute atomic E-state index is 0.0157. The predicted molar refractivity (Wildman–Crippen MR) is 236 cm³/mol.